The minimum Gasteiger partial charge on any atom is -0.366 e. The van der Waals surface area contributed by atoms with Gasteiger partial charge in [-0.25, -0.2) is 9.50 Å². The first-order valence-corrected chi connectivity index (χ1v) is 5.94. The van der Waals surface area contributed by atoms with E-state index in [4.69, 9.17) is 5.73 Å². The van der Waals surface area contributed by atoms with Crippen molar-refractivity contribution in [3.63, 3.8) is 0 Å². The summed E-state index contributed by atoms with van der Waals surface area (Å²) in [5.41, 5.74) is 6.47. The highest BCUT2D eigenvalue weighted by Crippen LogP contribution is 2.34. The van der Waals surface area contributed by atoms with Crippen molar-refractivity contribution in [1.82, 2.24) is 14.6 Å². The number of benzene rings is 1. The zero-order valence-electron chi connectivity index (χ0n) is 10.6. The minimum absolute atomic E-state index is 0.109. The molecule has 0 aliphatic carbocycles. The van der Waals surface area contributed by atoms with E-state index in [1.165, 1.54) is 29.3 Å². The summed E-state index contributed by atoms with van der Waals surface area (Å²) in [4.78, 5) is 26.3. The molecule has 0 radical (unpaired) electrons. The number of amides is 1. The van der Waals surface area contributed by atoms with Crippen LogP contribution in [0.3, 0.4) is 0 Å². The van der Waals surface area contributed by atoms with Crippen molar-refractivity contribution in [1.29, 1.82) is 0 Å². The smallest absolute Gasteiger partial charge is 0.277 e. The molecule has 0 aliphatic rings. The van der Waals surface area contributed by atoms with Gasteiger partial charge in [-0.05, 0) is 6.07 Å². The topological polar surface area (TPSA) is 116 Å². The van der Waals surface area contributed by atoms with Crippen LogP contribution in [-0.2, 0) is 0 Å². The van der Waals surface area contributed by atoms with E-state index < -0.39 is 10.8 Å². The predicted octanol–water partition coefficient (Wildman–Crippen LogP) is 1.40. The molecule has 21 heavy (non-hydrogen) atoms. The van der Waals surface area contributed by atoms with Gasteiger partial charge in [-0.2, -0.15) is 5.10 Å². The van der Waals surface area contributed by atoms with Crippen LogP contribution in [0.5, 0.6) is 0 Å². The standard InChI is InChI=1S/C13H9N5O3/c14-13(19)9-5-16-17-7-15-6-11(17)12(9)8-3-1-2-4-10(8)18(20)21/h1-7H,(H2,14,19). The number of carbonyl (C=O) groups is 1. The molecular formula is C13H9N5O3. The Morgan fingerprint density at radius 2 is 2.05 bits per heavy atom. The van der Waals surface area contributed by atoms with Crippen LogP contribution in [0, 0.1) is 10.1 Å². The summed E-state index contributed by atoms with van der Waals surface area (Å²) in [6, 6.07) is 6.14. The summed E-state index contributed by atoms with van der Waals surface area (Å²) in [5.74, 6) is -0.709. The molecule has 3 rings (SSSR count). The molecule has 0 aliphatic heterocycles. The lowest BCUT2D eigenvalue weighted by Crippen LogP contribution is -2.14. The number of hydrogen-bond acceptors (Lipinski definition) is 5. The van der Waals surface area contributed by atoms with E-state index in [2.05, 4.69) is 10.1 Å². The summed E-state index contributed by atoms with van der Waals surface area (Å²) in [6.07, 6.45) is 4.20. The second-order valence-corrected chi connectivity index (χ2v) is 4.30. The lowest BCUT2D eigenvalue weighted by molar-refractivity contribution is -0.384. The highest BCUT2D eigenvalue weighted by molar-refractivity contribution is 6.04. The number of nitrogens with two attached hydrogens (primary N) is 1. The number of para-hydroxylation sites is 1. The minimum atomic E-state index is -0.709. The Morgan fingerprint density at radius 1 is 1.29 bits per heavy atom. The average molecular weight is 283 g/mol. The molecule has 1 amide bonds. The van der Waals surface area contributed by atoms with Gasteiger partial charge in [0.15, 0.2) is 0 Å². The van der Waals surface area contributed by atoms with Crippen molar-refractivity contribution in [2.45, 2.75) is 0 Å². The third-order valence-electron chi connectivity index (χ3n) is 3.09. The maximum absolute atomic E-state index is 11.6. The summed E-state index contributed by atoms with van der Waals surface area (Å²) in [5, 5.41) is 15.2. The van der Waals surface area contributed by atoms with Gasteiger partial charge in [-0.3, -0.25) is 14.9 Å². The number of imidazole rings is 1. The van der Waals surface area contributed by atoms with Crippen LogP contribution in [0.25, 0.3) is 16.6 Å². The number of nitro benzene ring substituents is 1. The van der Waals surface area contributed by atoms with Crippen molar-refractivity contribution < 1.29 is 9.72 Å². The molecule has 2 aromatic heterocycles. The first-order valence-electron chi connectivity index (χ1n) is 5.94. The summed E-state index contributed by atoms with van der Waals surface area (Å²) >= 11 is 0. The zero-order valence-corrected chi connectivity index (χ0v) is 10.6. The van der Waals surface area contributed by atoms with Crippen molar-refractivity contribution in [3.05, 3.63) is 58.7 Å². The van der Waals surface area contributed by atoms with Crippen molar-refractivity contribution >= 4 is 17.1 Å². The van der Waals surface area contributed by atoms with Gasteiger partial charge in [0.25, 0.3) is 11.6 Å². The van der Waals surface area contributed by atoms with E-state index in [9.17, 15) is 14.9 Å². The molecule has 0 saturated heterocycles. The van der Waals surface area contributed by atoms with Gasteiger partial charge in [0.2, 0.25) is 0 Å². The molecule has 0 spiro atoms. The first kappa shape index (κ1) is 12.7. The van der Waals surface area contributed by atoms with Gasteiger partial charge in [0.05, 0.1) is 34.0 Å². The molecule has 104 valence electrons. The van der Waals surface area contributed by atoms with E-state index in [1.807, 2.05) is 0 Å². The number of carbonyl (C=O) groups excluding carboxylic acids is 1. The first-order chi connectivity index (χ1) is 10.1. The lowest BCUT2D eigenvalue weighted by atomic mass is 9.99. The fourth-order valence-electron chi connectivity index (χ4n) is 2.20. The Labute approximate surface area is 118 Å². The van der Waals surface area contributed by atoms with Gasteiger partial charge in [0.1, 0.15) is 6.33 Å². The molecule has 2 N–H and O–H groups in total. The van der Waals surface area contributed by atoms with E-state index in [0.717, 1.165) is 0 Å². The quantitative estimate of drug-likeness (QED) is 0.576. The molecule has 0 unspecified atom stereocenters. The van der Waals surface area contributed by atoms with E-state index >= 15 is 0 Å². The van der Waals surface area contributed by atoms with Crippen LogP contribution in [0.1, 0.15) is 10.4 Å². The molecule has 8 nitrogen and oxygen atoms in total. The molecular weight excluding hydrogens is 274 g/mol. The fourth-order valence-corrected chi connectivity index (χ4v) is 2.20. The third-order valence-corrected chi connectivity index (χ3v) is 3.09. The van der Waals surface area contributed by atoms with Crippen molar-refractivity contribution in [3.8, 4) is 11.1 Å². The van der Waals surface area contributed by atoms with Crippen LogP contribution in [0.15, 0.2) is 43.0 Å². The number of aromatic nitrogens is 3. The second kappa shape index (κ2) is 4.67. The molecule has 1 aromatic carbocycles. The number of fused-ring (bicyclic) bond motifs is 1. The molecule has 2 heterocycles. The van der Waals surface area contributed by atoms with Gasteiger partial charge in [-0.15, -0.1) is 0 Å². The number of primary amides is 1. The Kier molecular flexibility index (Phi) is 2.83. The van der Waals surface area contributed by atoms with Gasteiger partial charge in [-0.1, -0.05) is 12.1 Å². The Morgan fingerprint density at radius 3 is 2.76 bits per heavy atom. The van der Waals surface area contributed by atoms with Gasteiger partial charge in [0, 0.05) is 11.6 Å². The number of rotatable bonds is 3. The van der Waals surface area contributed by atoms with Crippen molar-refractivity contribution in [2.24, 2.45) is 5.73 Å². The fraction of sp³-hybridized carbons (Fsp3) is 0. The highest BCUT2D eigenvalue weighted by atomic mass is 16.6. The van der Waals surface area contributed by atoms with Crippen LogP contribution in [0.4, 0.5) is 5.69 Å². The monoisotopic (exact) mass is 283 g/mol. The maximum Gasteiger partial charge on any atom is 0.277 e. The molecule has 0 saturated carbocycles. The zero-order chi connectivity index (χ0) is 15.0. The molecule has 0 atom stereocenters. The van der Waals surface area contributed by atoms with Crippen LogP contribution >= 0.6 is 0 Å². The largest absolute Gasteiger partial charge is 0.366 e. The molecule has 8 heteroatoms. The maximum atomic E-state index is 11.6. The number of hydrogen-bond donors (Lipinski definition) is 1. The number of nitro groups is 1. The molecule has 3 aromatic rings. The Bertz CT molecular complexity index is 871. The predicted molar refractivity (Wildman–Crippen MR) is 73.6 cm³/mol. The van der Waals surface area contributed by atoms with Crippen LogP contribution in [-0.4, -0.2) is 25.4 Å². The Balaban J connectivity index is 2.44. The Hall–Kier alpha value is -3.29. The normalized spacial score (nSPS) is 10.7. The summed E-state index contributed by atoms with van der Waals surface area (Å²) in [7, 11) is 0. The van der Waals surface area contributed by atoms with Gasteiger partial charge < -0.3 is 5.73 Å². The van der Waals surface area contributed by atoms with Crippen LogP contribution in [0.2, 0.25) is 0 Å². The second-order valence-electron chi connectivity index (χ2n) is 4.30. The molecule has 0 fully saturated rings. The van der Waals surface area contributed by atoms with E-state index in [-0.39, 0.29) is 11.3 Å². The summed E-state index contributed by atoms with van der Waals surface area (Å²) in [6.45, 7) is 0. The lowest BCUT2D eigenvalue weighted by Gasteiger charge is -2.09. The van der Waals surface area contributed by atoms with Crippen LogP contribution < -0.4 is 5.73 Å². The summed E-state index contributed by atoms with van der Waals surface area (Å²) < 4.78 is 1.43. The average Bonchev–Trinajstić information content (AvgIpc) is 2.94. The van der Waals surface area contributed by atoms with Gasteiger partial charge >= 0.3 is 0 Å². The molecule has 0 bridgehead atoms. The van der Waals surface area contributed by atoms with Crippen molar-refractivity contribution in [2.75, 3.05) is 0 Å². The van der Waals surface area contributed by atoms with E-state index in [0.29, 0.717) is 16.6 Å². The number of nitrogens with zero attached hydrogens (tertiary/aromatic N) is 4. The third kappa shape index (κ3) is 1.98. The van der Waals surface area contributed by atoms with E-state index in [1.54, 1.807) is 18.2 Å². The highest BCUT2D eigenvalue weighted by Gasteiger charge is 2.22. The SMILES string of the molecule is NC(=O)c1cnn2cncc2c1-c1ccccc1[N+](=O)[O-].